The first-order chi connectivity index (χ1) is 11.0. The second kappa shape index (κ2) is 8.04. The van der Waals surface area contributed by atoms with Crippen LogP contribution in [0.3, 0.4) is 0 Å². The van der Waals surface area contributed by atoms with Gasteiger partial charge < -0.3 is 9.47 Å². The van der Waals surface area contributed by atoms with Crippen LogP contribution in [-0.2, 0) is 16.6 Å². The number of aromatic nitrogens is 2. The van der Waals surface area contributed by atoms with Gasteiger partial charge in [0.1, 0.15) is 24.1 Å². The molecule has 0 atom stereocenters. The zero-order chi connectivity index (χ0) is 16.8. The molecule has 2 rings (SSSR count). The minimum absolute atomic E-state index is 0.144. The average Bonchev–Trinajstić information content (AvgIpc) is 2.76. The summed E-state index contributed by atoms with van der Waals surface area (Å²) in [5, 5.41) is 5.26. The van der Waals surface area contributed by atoms with E-state index < -0.39 is 5.97 Å². The van der Waals surface area contributed by atoms with Crippen molar-refractivity contribution in [1.82, 2.24) is 9.78 Å². The molecule has 7 heteroatoms. The first kappa shape index (κ1) is 17.4. The zero-order valence-electron chi connectivity index (χ0n) is 12.8. The number of carbonyl (C=O) groups excluding carboxylic acids is 1. The highest BCUT2D eigenvalue weighted by atomic mass is 35.5. The number of ether oxygens (including phenoxy) is 2. The largest absolute Gasteiger partial charge is 0.490 e. The van der Waals surface area contributed by atoms with Gasteiger partial charge in [-0.2, -0.15) is 5.10 Å². The lowest BCUT2D eigenvalue weighted by atomic mass is 10.2. The number of aryl methyl sites for hydroxylation is 2. The fraction of sp³-hybridized carbons (Fsp3) is 0.250. The van der Waals surface area contributed by atoms with Gasteiger partial charge in [-0.05, 0) is 37.3 Å². The van der Waals surface area contributed by atoms with Gasteiger partial charge in [-0.15, -0.1) is 0 Å². The highest BCUT2D eigenvalue weighted by Gasteiger charge is 2.08. The highest BCUT2D eigenvalue weighted by molar-refractivity contribution is 6.31. The summed E-state index contributed by atoms with van der Waals surface area (Å²) in [6, 6.07) is 6.95. The molecule has 0 aliphatic heterocycles. The SMILES string of the molecule is Cc1nn(C)c(Cl)c1/C=C/C(=O)OCCOc1ccc(Cl)cc1. The van der Waals surface area contributed by atoms with Crippen molar-refractivity contribution < 1.29 is 14.3 Å². The lowest BCUT2D eigenvalue weighted by Crippen LogP contribution is -2.10. The van der Waals surface area contributed by atoms with Crippen molar-refractivity contribution in [2.75, 3.05) is 13.2 Å². The molecule has 0 bridgehead atoms. The van der Waals surface area contributed by atoms with Crippen LogP contribution in [0, 0.1) is 6.92 Å². The number of rotatable bonds is 6. The number of hydrogen-bond acceptors (Lipinski definition) is 4. The molecule has 0 fully saturated rings. The molecule has 0 aliphatic rings. The first-order valence-corrected chi connectivity index (χ1v) is 7.65. The second-order valence-electron chi connectivity index (χ2n) is 4.72. The molecule has 2 aromatic rings. The highest BCUT2D eigenvalue weighted by Crippen LogP contribution is 2.20. The van der Waals surface area contributed by atoms with Crippen LogP contribution in [0.25, 0.3) is 6.08 Å². The molecule has 0 N–H and O–H groups in total. The summed E-state index contributed by atoms with van der Waals surface area (Å²) >= 11 is 11.8. The normalized spacial score (nSPS) is 11.0. The molecule has 5 nitrogen and oxygen atoms in total. The van der Waals surface area contributed by atoms with Gasteiger partial charge in [-0.1, -0.05) is 23.2 Å². The fourth-order valence-corrected chi connectivity index (χ4v) is 2.23. The van der Waals surface area contributed by atoms with Crippen molar-refractivity contribution in [2.24, 2.45) is 7.05 Å². The molecule has 23 heavy (non-hydrogen) atoms. The summed E-state index contributed by atoms with van der Waals surface area (Å²) in [4.78, 5) is 11.6. The van der Waals surface area contributed by atoms with Crippen molar-refractivity contribution in [2.45, 2.75) is 6.92 Å². The quantitative estimate of drug-likeness (QED) is 0.451. The van der Waals surface area contributed by atoms with Crippen LogP contribution >= 0.6 is 23.2 Å². The molecular weight excluding hydrogens is 339 g/mol. The summed E-state index contributed by atoms with van der Waals surface area (Å²) in [6.07, 6.45) is 2.91. The van der Waals surface area contributed by atoms with E-state index in [2.05, 4.69) is 5.10 Å². The molecule has 0 saturated heterocycles. The molecule has 122 valence electrons. The Hall–Kier alpha value is -1.98. The van der Waals surface area contributed by atoms with E-state index in [0.29, 0.717) is 21.5 Å². The lowest BCUT2D eigenvalue weighted by molar-refractivity contribution is -0.138. The van der Waals surface area contributed by atoms with Crippen molar-refractivity contribution in [1.29, 1.82) is 0 Å². The smallest absolute Gasteiger partial charge is 0.330 e. The van der Waals surface area contributed by atoms with E-state index in [1.165, 1.54) is 6.08 Å². The number of carbonyl (C=O) groups is 1. The Morgan fingerprint density at radius 2 is 1.96 bits per heavy atom. The van der Waals surface area contributed by atoms with Gasteiger partial charge in [0.25, 0.3) is 0 Å². The molecule has 0 saturated carbocycles. The van der Waals surface area contributed by atoms with E-state index in [0.717, 1.165) is 5.69 Å². The van der Waals surface area contributed by atoms with Crippen LogP contribution < -0.4 is 4.74 Å². The summed E-state index contributed by atoms with van der Waals surface area (Å²) in [5.74, 6) is 0.197. The average molecular weight is 355 g/mol. The van der Waals surface area contributed by atoms with Crippen LogP contribution in [-0.4, -0.2) is 29.0 Å². The van der Waals surface area contributed by atoms with Crippen LogP contribution in [0.2, 0.25) is 10.2 Å². The molecular formula is C16H16Cl2N2O3. The Kier molecular flexibility index (Phi) is 6.07. The third-order valence-electron chi connectivity index (χ3n) is 2.99. The van der Waals surface area contributed by atoms with Gasteiger partial charge in [0.05, 0.1) is 5.69 Å². The minimum atomic E-state index is -0.468. The van der Waals surface area contributed by atoms with E-state index in [-0.39, 0.29) is 13.2 Å². The van der Waals surface area contributed by atoms with E-state index in [9.17, 15) is 4.79 Å². The number of halogens is 2. The van der Waals surface area contributed by atoms with E-state index >= 15 is 0 Å². The van der Waals surface area contributed by atoms with Gasteiger partial charge in [-0.25, -0.2) is 4.79 Å². The lowest BCUT2D eigenvalue weighted by Gasteiger charge is -2.06. The first-order valence-electron chi connectivity index (χ1n) is 6.89. The molecule has 1 aromatic carbocycles. The van der Waals surface area contributed by atoms with E-state index in [4.69, 9.17) is 32.7 Å². The zero-order valence-corrected chi connectivity index (χ0v) is 14.3. The van der Waals surface area contributed by atoms with Crippen LogP contribution in [0.1, 0.15) is 11.3 Å². The number of nitrogens with zero attached hydrogens (tertiary/aromatic N) is 2. The summed E-state index contributed by atoms with van der Waals surface area (Å²) in [5.41, 5.74) is 1.44. The number of hydrogen-bond donors (Lipinski definition) is 0. The summed E-state index contributed by atoms with van der Waals surface area (Å²) < 4.78 is 12.0. The van der Waals surface area contributed by atoms with Crippen molar-refractivity contribution in [3.63, 3.8) is 0 Å². The maximum atomic E-state index is 11.6. The number of benzene rings is 1. The van der Waals surface area contributed by atoms with Crippen molar-refractivity contribution >= 4 is 35.2 Å². The monoisotopic (exact) mass is 354 g/mol. The maximum Gasteiger partial charge on any atom is 0.330 e. The maximum absolute atomic E-state index is 11.6. The van der Waals surface area contributed by atoms with Gasteiger partial charge >= 0.3 is 5.97 Å². The molecule has 0 amide bonds. The third-order valence-corrected chi connectivity index (χ3v) is 3.69. The second-order valence-corrected chi connectivity index (χ2v) is 5.51. The molecule has 0 radical (unpaired) electrons. The standard InChI is InChI=1S/C16H16Cl2N2O3/c1-11-14(16(18)20(2)19-11)7-8-15(21)23-10-9-22-13-5-3-12(17)4-6-13/h3-8H,9-10H2,1-2H3/b8-7+. The van der Waals surface area contributed by atoms with E-state index in [1.54, 1.807) is 42.1 Å². The molecule has 1 heterocycles. The van der Waals surface area contributed by atoms with Crippen LogP contribution in [0.4, 0.5) is 0 Å². The van der Waals surface area contributed by atoms with Gasteiger partial charge in [0, 0.05) is 23.7 Å². The Morgan fingerprint density at radius 1 is 1.26 bits per heavy atom. The number of esters is 1. The molecule has 0 aliphatic carbocycles. The fourth-order valence-electron chi connectivity index (χ4n) is 1.87. The Morgan fingerprint density at radius 3 is 2.57 bits per heavy atom. The minimum Gasteiger partial charge on any atom is -0.490 e. The third kappa shape index (κ3) is 5.01. The van der Waals surface area contributed by atoms with E-state index in [1.807, 2.05) is 6.92 Å². The van der Waals surface area contributed by atoms with Crippen LogP contribution in [0.5, 0.6) is 5.75 Å². The Labute approximate surface area is 144 Å². The van der Waals surface area contributed by atoms with Gasteiger partial charge in [0.15, 0.2) is 0 Å². The van der Waals surface area contributed by atoms with Gasteiger partial charge in [0.2, 0.25) is 0 Å². The Balaban J connectivity index is 1.76. The molecule has 0 spiro atoms. The van der Waals surface area contributed by atoms with Crippen molar-refractivity contribution in [3.05, 3.63) is 51.8 Å². The molecule has 0 unspecified atom stereocenters. The topological polar surface area (TPSA) is 53.4 Å². The summed E-state index contributed by atoms with van der Waals surface area (Å²) in [6.45, 7) is 2.22. The van der Waals surface area contributed by atoms with Gasteiger partial charge in [-0.3, -0.25) is 4.68 Å². The summed E-state index contributed by atoms with van der Waals surface area (Å²) in [7, 11) is 1.74. The van der Waals surface area contributed by atoms with Crippen molar-refractivity contribution in [3.8, 4) is 5.75 Å². The Bertz CT molecular complexity index is 709. The predicted octanol–water partition coefficient (Wildman–Crippen LogP) is 3.67. The van der Waals surface area contributed by atoms with Crippen LogP contribution in [0.15, 0.2) is 30.3 Å². The molecule has 1 aromatic heterocycles. The predicted molar refractivity (Wildman–Crippen MR) is 89.9 cm³/mol.